The molecule has 0 spiro atoms. The number of aromatic amines is 1. The Hall–Kier alpha value is -3.61. The number of carbonyl (C=O) groups excluding carboxylic acids is 2. The van der Waals surface area contributed by atoms with Gasteiger partial charge in [0, 0.05) is 47.5 Å². The van der Waals surface area contributed by atoms with Crippen LogP contribution in [0.3, 0.4) is 0 Å². The average molecular weight is 485 g/mol. The number of fused-ring (bicyclic) bond motifs is 1. The van der Waals surface area contributed by atoms with E-state index in [4.69, 9.17) is 4.74 Å². The Labute approximate surface area is 210 Å². The highest BCUT2D eigenvalue weighted by Gasteiger charge is 2.50. The van der Waals surface area contributed by atoms with Gasteiger partial charge in [0.1, 0.15) is 11.8 Å². The molecule has 2 heterocycles. The van der Waals surface area contributed by atoms with Crippen LogP contribution in [0.5, 0.6) is 0 Å². The van der Waals surface area contributed by atoms with Crippen molar-refractivity contribution in [2.24, 2.45) is 23.7 Å². The molecular formula is C29H32N4O3. The zero-order valence-corrected chi connectivity index (χ0v) is 20.3. The molecule has 0 atom stereocenters. The van der Waals surface area contributed by atoms with Gasteiger partial charge in [0.05, 0.1) is 0 Å². The number of nitrogens with one attached hydrogen (secondary N) is 3. The molecule has 4 fully saturated rings. The Morgan fingerprint density at radius 2 is 1.75 bits per heavy atom. The van der Waals surface area contributed by atoms with Crippen LogP contribution in [0.25, 0.3) is 17.0 Å². The molecule has 4 aliphatic rings. The van der Waals surface area contributed by atoms with Gasteiger partial charge in [-0.05, 0) is 80.1 Å². The number of hydrogen-bond acceptors (Lipinski definition) is 4. The number of aromatic nitrogens is 2. The molecule has 7 nitrogen and oxygen atoms in total. The molecule has 0 aliphatic heterocycles. The molecule has 2 aromatic heterocycles. The second-order valence-corrected chi connectivity index (χ2v) is 10.6. The predicted octanol–water partition coefficient (Wildman–Crippen LogP) is 4.81. The minimum atomic E-state index is -0.543. The first-order valence-electron chi connectivity index (χ1n) is 13.1. The van der Waals surface area contributed by atoms with Crippen LogP contribution in [0, 0.1) is 23.7 Å². The van der Waals surface area contributed by atoms with Crippen LogP contribution in [0.2, 0.25) is 0 Å². The summed E-state index contributed by atoms with van der Waals surface area (Å²) in [5.74, 6) is 2.17. The molecule has 7 heteroatoms. The van der Waals surface area contributed by atoms with E-state index in [-0.39, 0.29) is 17.7 Å². The molecule has 0 radical (unpaired) electrons. The topological polar surface area (TPSA) is 96.1 Å². The molecule has 36 heavy (non-hydrogen) atoms. The number of rotatable bonds is 7. The van der Waals surface area contributed by atoms with Crippen LogP contribution in [-0.2, 0) is 16.0 Å². The van der Waals surface area contributed by atoms with Crippen molar-refractivity contribution in [1.82, 2.24) is 20.6 Å². The smallest absolute Gasteiger partial charge is 0.412 e. The van der Waals surface area contributed by atoms with E-state index in [9.17, 15) is 9.59 Å². The Balaban J connectivity index is 1.17. The molecule has 1 aromatic carbocycles. The number of carbonyl (C=O) groups is 2. The molecule has 3 aromatic rings. The van der Waals surface area contributed by atoms with Gasteiger partial charge in [-0.2, -0.15) is 0 Å². The SMILES string of the molecule is O=C(N/C(=C\c1c[nH]c2ccccc12)C(=O)NCCc1ccccn1)OC1C2CC3CC(C2)CC1C3. The Morgan fingerprint density at radius 3 is 2.50 bits per heavy atom. The van der Waals surface area contributed by atoms with Crippen molar-refractivity contribution < 1.29 is 14.3 Å². The minimum absolute atomic E-state index is 0.0423. The first-order chi connectivity index (χ1) is 17.6. The molecule has 7 rings (SSSR count). The maximum absolute atomic E-state index is 13.2. The molecule has 4 saturated carbocycles. The number of hydrogen-bond donors (Lipinski definition) is 3. The van der Waals surface area contributed by atoms with Crippen LogP contribution < -0.4 is 10.6 Å². The Morgan fingerprint density at radius 1 is 1.00 bits per heavy atom. The fraction of sp³-hybridized carbons (Fsp3) is 0.414. The summed E-state index contributed by atoms with van der Waals surface area (Å²) in [5, 5.41) is 6.69. The number of alkyl carbamates (subject to hydrolysis) is 1. The van der Waals surface area contributed by atoms with E-state index in [2.05, 4.69) is 20.6 Å². The van der Waals surface area contributed by atoms with Crippen molar-refractivity contribution >= 4 is 29.0 Å². The van der Waals surface area contributed by atoms with Gasteiger partial charge in [-0.15, -0.1) is 0 Å². The third-order valence-electron chi connectivity index (χ3n) is 8.18. The Bertz CT molecular complexity index is 1250. The third-order valence-corrected chi connectivity index (χ3v) is 8.18. The van der Waals surface area contributed by atoms with Crippen LogP contribution in [0.1, 0.15) is 43.4 Å². The number of amides is 2. The van der Waals surface area contributed by atoms with Gasteiger partial charge in [-0.25, -0.2) is 4.79 Å². The van der Waals surface area contributed by atoms with Crippen molar-refractivity contribution in [1.29, 1.82) is 0 Å². The minimum Gasteiger partial charge on any atom is -0.445 e. The molecule has 2 amide bonds. The quantitative estimate of drug-likeness (QED) is 0.419. The standard InChI is InChI=1S/C29H32N4O3/c34-28(31-10-8-23-5-3-4-9-30-23)26(16-22-17-32-25-7-2-1-6-24(22)25)33-29(35)36-27-20-12-18-11-19(14-20)15-21(27)13-18/h1-7,9,16-21,27,32H,8,10-15H2,(H,31,34)(H,33,35)/b26-16-. The van der Waals surface area contributed by atoms with Crippen molar-refractivity contribution in [3.05, 3.63) is 71.8 Å². The summed E-state index contributed by atoms with van der Waals surface area (Å²) < 4.78 is 6.00. The van der Waals surface area contributed by atoms with Gasteiger partial charge in [-0.1, -0.05) is 24.3 Å². The largest absolute Gasteiger partial charge is 0.445 e. The number of para-hydroxylation sites is 1. The summed E-state index contributed by atoms with van der Waals surface area (Å²) in [7, 11) is 0. The number of ether oxygens (including phenoxy) is 1. The van der Waals surface area contributed by atoms with Gasteiger partial charge < -0.3 is 15.0 Å². The fourth-order valence-corrected chi connectivity index (χ4v) is 6.80. The lowest BCUT2D eigenvalue weighted by atomic mass is 9.55. The van der Waals surface area contributed by atoms with E-state index in [1.54, 1.807) is 12.3 Å². The van der Waals surface area contributed by atoms with E-state index in [0.29, 0.717) is 24.8 Å². The second kappa shape index (κ2) is 9.80. The van der Waals surface area contributed by atoms with Gasteiger partial charge in [0.25, 0.3) is 5.91 Å². The summed E-state index contributed by atoms with van der Waals surface area (Å²) in [6, 6.07) is 13.6. The molecule has 0 unspecified atom stereocenters. The average Bonchev–Trinajstić information content (AvgIpc) is 3.29. The molecule has 0 saturated heterocycles. The van der Waals surface area contributed by atoms with Crippen LogP contribution >= 0.6 is 0 Å². The van der Waals surface area contributed by atoms with Crippen LogP contribution in [0.4, 0.5) is 4.79 Å². The molecule has 4 bridgehead atoms. The highest BCUT2D eigenvalue weighted by Crippen LogP contribution is 2.54. The third kappa shape index (κ3) is 4.74. The molecular weight excluding hydrogens is 452 g/mol. The number of H-pyrrole nitrogens is 1. The van der Waals surface area contributed by atoms with E-state index < -0.39 is 6.09 Å². The van der Waals surface area contributed by atoms with Gasteiger partial charge >= 0.3 is 6.09 Å². The van der Waals surface area contributed by atoms with Gasteiger partial charge in [0.15, 0.2) is 0 Å². The van der Waals surface area contributed by atoms with Crippen molar-refractivity contribution in [3.8, 4) is 0 Å². The lowest BCUT2D eigenvalue weighted by Crippen LogP contribution is -2.51. The maximum atomic E-state index is 13.2. The summed E-state index contributed by atoms with van der Waals surface area (Å²) in [4.78, 5) is 33.8. The number of benzene rings is 1. The maximum Gasteiger partial charge on any atom is 0.412 e. The lowest BCUT2D eigenvalue weighted by Gasteiger charge is -2.53. The van der Waals surface area contributed by atoms with Crippen molar-refractivity contribution in [2.75, 3.05) is 6.54 Å². The lowest BCUT2D eigenvalue weighted by molar-refractivity contribution is -0.118. The summed E-state index contributed by atoms with van der Waals surface area (Å²) in [6.07, 6.45) is 11.3. The van der Waals surface area contributed by atoms with Crippen LogP contribution in [-0.4, -0.2) is 34.6 Å². The number of nitrogens with zero attached hydrogens (tertiary/aromatic N) is 1. The second-order valence-electron chi connectivity index (χ2n) is 10.6. The molecule has 3 N–H and O–H groups in total. The van der Waals surface area contributed by atoms with E-state index >= 15 is 0 Å². The summed E-state index contributed by atoms with van der Waals surface area (Å²) >= 11 is 0. The van der Waals surface area contributed by atoms with E-state index in [1.807, 2.05) is 48.7 Å². The molecule has 186 valence electrons. The van der Waals surface area contributed by atoms with Gasteiger partial charge in [-0.3, -0.25) is 15.1 Å². The normalized spacial score (nSPS) is 26.7. The van der Waals surface area contributed by atoms with Gasteiger partial charge in [0.2, 0.25) is 0 Å². The Kier molecular flexibility index (Phi) is 6.21. The fourth-order valence-electron chi connectivity index (χ4n) is 6.80. The first-order valence-corrected chi connectivity index (χ1v) is 13.1. The van der Waals surface area contributed by atoms with E-state index in [1.165, 1.54) is 6.42 Å². The zero-order valence-electron chi connectivity index (χ0n) is 20.3. The first kappa shape index (κ1) is 22.8. The monoisotopic (exact) mass is 484 g/mol. The van der Waals surface area contributed by atoms with Crippen molar-refractivity contribution in [2.45, 2.75) is 44.6 Å². The van der Waals surface area contributed by atoms with E-state index in [0.717, 1.165) is 59.7 Å². The summed E-state index contributed by atoms with van der Waals surface area (Å²) in [5.41, 5.74) is 2.87. The highest BCUT2D eigenvalue weighted by molar-refractivity contribution is 6.02. The molecule has 4 aliphatic carbocycles. The predicted molar refractivity (Wildman–Crippen MR) is 138 cm³/mol. The number of pyridine rings is 1. The summed E-state index contributed by atoms with van der Waals surface area (Å²) in [6.45, 7) is 0.410. The highest BCUT2D eigenvalue weighted by atomic mass is 16.6. The zero-order chi connectivity index (χ0) is 24.5. The van der Waals surface area contributed by atoms with Crippen LogP contribution in [0.15, 0.2) is 60.6 Å². The van der Waals surface area contributed by atoms with Crippen molar-refractivity contribution in [3.63, 3.8) is 0 Å².